The van der Waals surface area contributed by atoms with Gasteiger partial charge in [-0.2, -0.15) is 10.2 Å². The van der Waals surface area contributed by atoms with Crippen molar-refractivity contribution in [2.45, 2.75) is 54.2 Å². The standard InChI is InChI=1S/C20H22N4O2S.C12H16N4S/c1-27-19-12-17(22-18-9-10-21-24(18)19)16-8-5-11-23(13-16)20(25)26-14-15-6-3-2-4-7-15;1-17-12-7-10(9-3-2-5-13-8-9)15-11-4-6-14-16(11)12/h2-4,6-7,9-10,12,16H,5,8,11,13-14H2,1H3;4,6-7,9,13H,2-3,5,8H2,1H3. The zero-order valence-corrected chi connectivity index (χ0v) is 26.8. The van der Waals surface area contributed by atoms with Crippen molar-refractivity contribution in [1.29, 1.82) is 0 Å². The van der Waals surface area contributed by atoms with Crippen LogP contribution in [-0.4, -0.2) is 78.9 Å². The summed E-state index contributed by atoms with van der Waals surface area (Å²) in [5.41, 5.74) is 5.03. The van der Waals surface area contributed by atoms with Crippen molar-refractivity contribution in [3.8, 4) is 0 Å². The SMILES string of the molecule is CSc1cc(C2CCCN(C(=O)OCc3ccccc3)C2)nc2ccnn12.CSc1cc(C2CCCNC2)nc2ccnn12. The van der Waals surface area contributed by atoms with E-state index < -0.39 is 0 Å². The Hall–Kier alpha value is -3.61. The van der Waals surface area contributed by atoms with E-state index in [-0.39, 0.29) is 12.0 Å². The van der Waals surface area contributed by atoms with E-state index in [2.05, 4.69) is 33.9 Å². The Morgan fingerprint density at radius 1 is 0.886 bits per heavy atom. The van der Waals surface area contributed by atoms with Gasteiger partial charge in [-0.15, -0.1) is 23.5 Å². The van der Waals surface area contributed by atoms with E-state index in [0.29, 0.717) is 19.1 Å². The van der Waals surface area contributed by atoms with Gasteiger partial charge >= 0.3 is 6.09 Å². The molecule has 2 saturated heterocycles. The van der Waals surface area contributed by atoms with Gasteiger partial charge in [-0.1, -0.05) is 30.3 Å². The molecule has 2 fully saturated rings. The Morgan fingerprint density at radius 3 is 2.14 bits per heavy atom. The second kappa shape index (κ2) is 14.4. The quantitative estimate of drug-likeness (QED) is 0.182. The van der Waals surface area contributed by atoms with Gasteiger partial charge in [-0.25, -0.2) is 23.8 Å². The molecule has 4 aromatic heterocycles. The number of hydrogen-bond donors (Lipinski definition) is 1. The third-order valence-electron chi connectivity index (χ3n) is 8.13. The van der Waals surface area contributed by atoms with Crippen LogP contribution in [-0.2, 0) is 11.3 Å². The van der Waals surface area contributed by atoms with Gasteiger partial charge in [0.05, 0.1) is 18.1 Å². The lowest BCUT2D eigenvalue weighted by Gasteiger charge is -2.32. The maximum Gasteiger partial charge on any atom is 0.410 e. The Balaban J connectivity index is 0.000000173. The molecule has 0 radical (unpaired) electrons. The average Bonchev–Trinajstić information content (AvgIpc) is 3.77. The van der Waals surface area contributed by atoms with Crippen LogP contribution in [0.15, 0.2) is 77.0 Å². The molecule has 1 N–H and O–H groups in total. The number of nitrogens with zero attached hydrogens (tertiary/aromatic N) is 7. The number of rotatable bonds is 6. The Labute approximate surface area is 266 Å². The molecule has 10 nitrogen and oxygen atoms in total. The van der Waals surface area contributed by atoms with Crippen LogP contribution < -0.4 is 5.32 Å². The number of piperidine rings is 2. The lowest BCUT2D eigenvalue weighted by atomic mass is 9.95. The molecule has 0 spiro atoms. The summed E-state index contributed by atoms with van der Waals surface area (Å²) in [7, 11) is 0. The highest BCUT2D eigenvalue weighted by atomic mass is 32.2. The third-order valence-corrected chi connectivity index (χ3v) is 9.55. The number of fused-ring (bicyclic) bond motifs is 2. The highest BCUT2D eigenvalue weighted by molar-refractivity contribution is 7.98. The summed E-state index contributed by atoms with van der Waals surface area (Å²) in [5.74, 6) is 0.767. The number of carbonyl (C=O) groups excluding carboxylic acids is 1. The summed E-state index contributed by atoms with van der Waals surface area (Å²) >= 11 is 3.37. The molecule has 2 aliphatic rings. The van der Waals surface area contributed by atoms with Gasteiger partial charge in [0.1, 0.15) is 16.7 Å². The molecular weight excluding hydrogens is 593 g/mol. The van der Waals surface area contributed by atoms with Gasteiger partial charge in [0.2, 0.25) is 0 Å². The van der Waals surface area contributed by atoms with Crippen LogP contribution in [0.1, 0.15) is 54.5 Å². The van der Waals surface area contributed by atoms with E-state index in [4.69, 9.17) is 14.7 Å². The minimum Gasteiger partial charge on any atom is -0.445 e. The minimum absolute atomic E-state index is 0.217. The number of aromatic nitrogens is 6. The van der Waals surface area contributed by atoms with Crippen molar-refractivity contribution >= 4 is 40.9 Å². The molecule has 2 atom stereocenters. The summed E-state index contributed by atoms with van der Waals surface area (Å²) in [6.45, 7) is 3.86. The first kappa shape index (κ1) is 30.4. The van der Waals surface area contributed by atoms with Crippen molar-refractivity contribution < 1.29 is 9.53 Å². The van der Waals surface area contributed by atoms with E-state index in [1.165, 1.54) is 23.6 Å². The van der Waals surface area contributed by atoms with Crippen molar-refractivity contribution in [2.75, 3.05) is 38.7 Å². The molecular formula is C32H38N8O2S2. The number of ether oxygens (including phenoxy) is 1. The molecule has 2 aliphatic heterocycles. The molecule has 230 valence electrons. The first-order valence-corrected chi connectivity index (χ1v) is 17.5. The molecule has 12 heteroatoms. The van der Waals surface area contributed by atoms with Gasteiger partial charge < -0.3 is 15.0 Å². The van der Waals surface area contributed by atoms with Gasteiger partial charge in [0.15, 0.2) is 11.3 Å². The topological polar surface area (TPSA) is 102 Å². The predicted molar refractivity (Wildman–Crippen MR) is 175 cm³/mol. The van der Waals surface area contributed by atoms with Crippen LogP contribution in [0.25, 0.3) is 11.3 Å². The van der Waals surface area contributed by atoms with Gasteiger partial charge in [0, 0.05) is 49.3 Å². The summed E-state index contributed by atoms with van der Waals surface area (Å²) in [6, 6.07) is 17.9. The lowest BCUT2D eigenvalue weighted by molar-refractivity contribution is 0.0856. The number of amides is 1. The number of benzene rings is 1. The van der Waals surface area contributed by atoms with Gasteiger partial charge in [0.25, 0.3) is 0 Å². The average molecular weight is 631 g/mol. The fraction of sp³-hybridized carbons (Fsp3) is 0.406. The third kappa shape index (κ3) is 7.03. The highest BCUT2D eigenvalue weighted by Gasteiger charge is 2.27. The first-order chi connectivity index (χ1) is 21.6. The summed E-state index contributed by atoms with van der Waals surface area (Å²) in [5, 5.41) is 14.3. The number of thioether (sulfide) groups is 2. The van der Waals surface area contributed by atoms with Crippen molar-refractivity contribution in [3.63, 3.8) is 0 Å². The molecule has 0 saturated carbocycles. The fourth-order valence-electron chi connectivity index (χ4n) is 5.81. The van der Waals surface area contributed by atoms with E-state index in [0.717, 1.165) is 60.1 Å². The van der Waals surface area contributed by atoms with Gasteiger partial charge in [-0.05, 0) is 62.4 Å². The summed E-state index contributed by atoms with van der Waals surface area (Å²) in [4.78, 5) is 23.8. The second-order valence-corrected chi connectivity index (χ2v) is 12.7. The van der Waals surface area contributed by atoms with Crippen LogP contribution >= 0.6 is 23.5 Å². The Kier molecular flexibility index (Phi) is 9.99. The lowest BCUT2D eigenvalue weighted by Crippen LogP contribution is -2.39. The summed E-state index contributed by atoms with van der Waals surface area (Å²) < 4.78 is 9.26. The molecule has 6 heterocycles. The molecule has 5 aromatic rings. The normalized spacial score (nSPS) is 18.6. The number of likely N-dealkylation sites (tertiary alicyclic amines) is 1. The predicted octanol–water partition coefficient (Wildman–Crippen LogP) is 5.89. The van der Waals surface area contributed by atoms with Crippen molar-refractivity contribution in [1.82, 2.24) is 39.4 Å². The van der Waals surface area contributed by atoms with Gasteiger partial charge in [-0.3, -0.25) is 0 Å². The number of carbonyl (C=O) groups is 1. The molecule has 2 unspecified atom stereocenters. The molecule has 44 heavy (non-hydrogen) atoms. The largest absolute Gasteiger partial charge is 0.445 e. The number of nitrogens with one attached hydrogen (secondary N) is 1. The monoisotopic (exact) mass is 630 g/mol. The molecule has 1 aromatic carbocycles. The Morgan fingerprint density at radius 2 is 1.52 bits per heavy atom. The number of hydrogen-bond acceptors (Lipinski definition) is 9. The zero-order valence-electron chi connectivity index (χ0n) is 25.1. The molecule has 1 amide bonds. The van der Waals surface area contributed by atoms with Crippen LogP contribution in [0.3, 0.4) is 0 Å². The van der Waals surface area contributed by atoms with Crippen molar-refractivity contribution in [2.24, 2.45) is 0 Å². The Bertz CT molecular complexity index is 1690. The zero-order chi connectivity index (χ0) is 30.3. The van der Waals surface area contributed by atoms with E-state index in [9.17, 15) is 4.79 Å². The van der Waals surface area contributed by atoms with Crippen molar-refractivity contribution in [3.05, 3.63) is 83.9 Å². The second-order valence-electron chi connectivity index (χ2n) is 11.0. The van der Waals surface area contributed by atoms with Crippen LogP contribution in [0.4, 0.5) is 4.79 Å². The summed E-state index contributed by atoms with van der Waals surface area (Å²) in [6.07, 6.45) is 11.9. The maximum atomic E-state index is 12.5. The van der Waals surface area contributed by atoms with Crippen LogP contribution in [0.2, 0.25) is 0 Å². The molecule has 0 aliphatic carbocycles. The molecule has 7 rings (SSSR count). The minimum atomic E-state index is -0.251. The first-order valence-electron chi connectivity index (χ1n) is 15.1. The highest BCUT2D eigenvalue weighted by Crippen LogP contribution is 2.29. The van der Waals surface area contributed by atoms with Crippen LogP contribution in [0.5, 0.6) is 0 Å². The fourth-order valence-corrected chi connectivity index (χ4v) is 6.92. The van der Waals surface area contributed by atoms with E-state index >= 15 is 0 Å². The smallest absolute Gasteiger partial charge is 0.410 e. The van der Waals surface area contributed by atoms with E-state index in [1.54, 1.807) is 34.6 Å². The maximum absolute atomic E-state index is 12.5. The van der Waals surface area contributed by atoms with Crippen LogP contribution in [0, 0.1) is 0 Å². The molecule has 0 bridgehead atoms. The van der Waals surface area contributed by atoms with E-state index in [1.807, 2.05) is 63.9 Å².